The zero-order chi connectivity index (χ0) is 18.9. The molecule has 0 fully saturated rings. The van der Waals surface area contributed by atoms with Gasteiger partial charge in [0.15, 0.2) is 0 Å². The van der Waals surface area contributed by atoms with E-state index in [0.29, 0.717) is 0 Å². The van der Waals surface area contributed by atoms with Crippen molar-refractivity contribution in [3.8, 4) is 33.8 Å². The van der Waals surface area contributed by atoms with Crippen molar-refractivity contribution in [2.45, 2.75) is 0 Å². The van der Waals surface area contributed by atoms with Gasteiger partial charge in [0.2, 0.25) is 0 Å². The molecule has 0 spiro atoms. The van der Waals surface area contributed by atoms with Crippen LogP contribution >= 0.6 is 0 Å². The molecule has 0 radical (unpaired) electrons. The van der Waals surface area contributed by atoms with Gasteiger partial charge in [-0.2, -0.15) is 0 Å². The largest absolute Gasteiger partial charge is 0.633 e. The SMILES string of the molecule is c1cc2c3c(c1)-c1c(ccc4ccccc14)OB3Oc1ccc3ccccc3c1-2. The van der Waals surface area contributed by atoms with Crippen molar-refractivity contribution in [1.29, 1.82) is 0 Å². The number of rotatable bonds is 0. The Morgan fingerprint density at radius 3 is 1.55 bits per heavy atom. The fourth-order valence-electron chi connectivity index (χ4n) is 4.88. The summed E-state index contributed by atoms with van der Waals surface area (Å²) in [5.41, 5.74) is 5.83. The monoisotopic (exact) mass is 370 g/mol. The third-order valence-electron chi connectivity index (χ3n) is 6.13. The normalized spacial score (nSPS) is 13.3. The molecule has 2 nitrogen and oxygen atoms in total. The second kappa shape index (κ2) is 5.42. The van der Waals surface area contributed by atoms with Crippen molar-refractivity contribution in [3.63, 3.8) is 0 Å². The molecule has 0 atom stereocenters. The van der Waals surface area contributed by atoms with Crippen LogP contribution in [0, 0.1) is 0 Å². The predicted octanol–water partition coefficient (Wildman–Crippen LogP) is 5.81. The van der Waals surface area contributed by atoms with Gasteiger partial charge in [0.05, 0.1) is 0 Å². The maximum atomic E-state index is 6.39. The lowest BCUT2D eigenvalue weighted by atomic mass is 9.65. The molecule has 0 bridgehead atoms. The quantitative estimate of drug-likeness (QED) is 0.321. The number of fused-ring (bicyclic) bond motifs is 8. The summed E-state index contributed by atoms with van der Waals surface area (Å²) in [7, 11) is -0.427. The third kappa shape index (κ3) is 1.97. The van der Waals surface area contributed by atoms with E-state index in [1.807, 2.05) is 0 Å². The first-order valence-electron chi connectivity index (χ1n) is 9.89. The van der Waals surface area contributed by atoms with Crippen molar-refractivity contribution in [1.82, 2.24) is 0 Å². The first kappa shape index (κ1) is 15.2. The van der Waals surface area contributed by atoms with Crippen LogP contribution in [0.1, 0.15) is 0 Å². The van der Waals surface area contributed by atoms with Crippen molar-refractivity contribution < 1.29 is 9.31 Å². The molecule has 2 heterocycles. The number of benzene rings is 5. The molecule has 0 aliphatic carbocycles. The lowest BCUT2D eigenvalue weighted by molar-refractivity contribution is 0.437. The Morgan fingerprint density at radius 2 is 1.00 bits per heavy atom. The first-order chi connectivity index (χ1) is 14.4. The van der Waals surface area contributed by atoms with Gasteiger partial charge in [-0.3, -0.25) is 0 Å². The summed E-state index contributed by atoms with van der Waals surface area (Å²) in [4.78, 5) is 0. The van der Waals surface area contributed by atoms with Crippen molar-refractivity contribution in [2.75, 3.05) is 0 Å². The minimum atomic E-state index is -0.427. The maximum absolute atomic E-state index is 6.39. The highest BCUT2D eigenvalue weighted by atomic mass is 16.6. The van der Waals surface area contributed by atoms with Gasteiger partial charge in [-0.15, -0.1) is 0 Å². The van der Waals surface area contributed by atoms with Gasteiger partial charge in [0.25, 0.3) is 0 Å². The van der Waals surface area contributed by atoms with E-state index in [1.165, 1.54) is 32.7 Å². The van der Waals surface area contributed by atoms with Crippen LogP contribution in [0.25, 0.3) is 43.8 Å². The van der Waals surface area contributed by atoms with E-state index in [-0.39, 0.29) is 0 Å². The van der Waals surface area contributed by atoms with E-state index in [2.05, 4.69) is 91.0 Å². The van der Waals surface area contributed by atoms with Crippen LogP contribution in [0.5, 0.6) is 11.5 Å². The molecule has 5 aromatic rings. The minimum absolute atomic E-state index is 0.427. The molecule has 2 aliphatic rings. The average molecular weight is 370 g/mol. The molecule has 2 aliphatic heterocycles. The second-order valence-corrected chi connectivity index (χ2v) is 7.65. The van der Waals surface area contributed by atoms with Gasteiger partial charge in [0.1, 0.15) is 11.5 Å². The van der Waals surface area contributed by atoms with Gasteiger partial charge >= 0.3 is 7.12 Å². The lowest BCUT2D eigenvalue weighted by Crippen LogP contribution is -2.49. The number of hydrogen-bond acceptors (Lipinski definition) is 2. The fraction of sp³-hybridized carbons (Fsp3) is 0. The molecule has 0 saturated heterocycles. The fourth-order valence-corrected chi connectivity index (χ4v) is 4.88. The summed E-state index contributed by atoms with van der Waals surface area (Å²) in [5.74, 6) is 1.75. The van der Waals surface area contributed by atoms with E-state index in [9.17, 15) is 0 Å². The molecule has 0 amide bonds. The van der Waals surface area contributed by atoms with Crippen LogP contribution in [0.15, 0.2) is 91.0 Å². The van der Waals surface area contributed by atoms with Crippen molar-refractivity contribution in [3.05, 3.63) is 91.0 Å². The highest BCUT2D eigenvalue weighted by molar-refractivity contribution is 6.68. The van der Waals surface area contributed by atoms with Gasteiger partial charge in [-0.05, 0) is 44.8 Å². The lowest BCUT2D eigenvalue weighted by Gasteiger charge is -2.33. The Morgan fingerprint density at radius 1 is 0.483 bits per heavy atom. The van der Waals surface area contributed by atoms with E-state index >= 15 is 0 Å². The smallest absolute Gasteiger partial charge is 0.521 e. The Bertz CT molecular complexity index is 1360. The van der Waals surface area contributed by atoms with E-state index < -0.39 is 7.12 Å². The second-order valence-electron chi connectivity index (χ2n) is 7.65. The van der Waals surface area contributed by atoms with Crippen molar-refractivity contribution in [2.24, 2.45) is 0 Å². The summed E-state index contributed by atoms with van der Waals surface area (Å²) < 4.78 is 12.8. The van der Waals surface area contributed by atoms with Gasteiger partial charge in [-0.25, -0.2) is 0 Å². The van der Waals surface area contributed by atoms with Crippen LogP contribution in [0.4, 0.5) is 0 Å². The summed E-state index contributed by atoms with van der Waals surface area (Å²) in [6, 6.07) is 31.9. The Hall–Kier alpha value is -3.72. The van der Waals surface area contributed by atoms with Crippen LogP contribution in [-0.2, 0) is 0 Å². The van der Waals surface area contributed by atoms with Crippen LogP contribution in [0.3, 0.4) is 0 Å². The molecular weight excluding hydrogens is 355 g/mol. The van der Waals surface area contributed by atoms with E-state index in [4.69, 9.17) is 9.31 Å². The van der Waals surface area contributed by atoms with Crippen LogP contribution < -0.4 is 14.8 Å². The van der Waals surface area contributed by atoms with Gasteiger partial charge < -0.3 is 9.31 Å². The van der Waals surface area contributed by atoms with Crippen LogP contribution in [-0.4, -0.2) is 7.12 Å². The molecule has 0 unspecified atom stereocenters. The standard InChI is InChI=1S/C26H15BO2/c1-3-8-18-16(6-1)12-14-22-24(18)20-10-5-11-21-25-19-9-4-2-7-17(19)13-15-23(25)29-27(28-22)26(20)21/h1-15H. The molecule has 134 valence electrons. The van der Waals surface area contributed by atoms with E-state index in [0.717, 1.165) is 28.1 Å². The zero-order valence-electron chi connectivity index (χ0n) is 15.6. The molecule has 3 heteroatoms. The minimum Gasteiger partial charge on any atom is -0.521 e. The van der Waals surface area contributed by atoms with Gasteiger partial charge in [0, 0.05) is 16.6 Å². The van der Waals surface area contributed by atoms with Gasteiger partial charge in [-0.1, -0.05) is 78.9 Å². The topological polar surface area (TPSA) is 18.5 Å². The average Bonchev–Trinajstić information content (AvgIpc) is 2.78. The Balaban J connectivity index is 1.61. The summed E-state index contributed by atoms with van der Waals surface area (Å²) in [6.45, 7) is 0. The maximum Gasteiger partial charge on any atom is 0.633 e. The molecule has 0 aromatic heterocycles. The first-order valence-corrected chi connectivity index (χ1v) is 9.89. The molecule has 0 N–H and O–H groups in total. The molecule has 0 saturated carbocycles. The Labute approximate surface area is 168 Å². The molecule has 29 heavy (non-hydrogen) atoms. The highest BCUT2D eigenvalue weighted by Gasteiger charge is 2.42. The van der Waals surface area contributed by atoms with Crippen LogP contribution in [0.2, 0.25) is 0 Å². The molecule has 5 aromatic carbocycles. The summed E-state index contributed by atoms with van der Waals surface area (Å²) in [6.07, 6.45) is 0. The van der Waals surface area contributed by atoms with E-state index in [1.54, 1.807) is 0 Å². The van der Waals surface area contributed by atoms with Crippen molar-refractivity contribution >= 4 is 34.1 Å². The third-order valence-corrected chi connectivity index (χ3v) is 6.13. The highest BCUT2D eigenvalue weighted by Crippen LogP contribution is 2.46. The number of hydrogen-bond donors (Lipinski definition) is 0. The molecular formula is C26H15BO2. The summed E-state index contributed by atoms with van der Waals surface area (Å²) in [5, 5.41) is 4.85. The zero-order valence-corrected chi connectivity index (χ0v) is 15.6. The summed E-state index contributed by atoms with van der Waals surface area (Å²) >= 11 is 0. The predicted molar refractivity (Wildman–Crippen MR) is 119 cm³/mol. The molecule has 7 rings (SSSR count). The Kier molecular flexibility index (Phi) is 2.85.